The summed E-state index contributed by atoms with van der Waals surface area (Å²) in [7, 11) is -2.17. The van der Waals surface area contributed by atoms with Gasteiger partial charge in [-0.2, -0.15) is 0 Å². The van der Waals surface area contributed by atoms with Crippen molar-refractivity contribution < 1.29 is 24.7 Å². The van der Waals surface area contributed by atoms with Gasteiger partial charge < -0.3 is 15.1 Å². The van der Waals surface area contributed by atoms with Crippen LogP contribution in [-0.4, -0.2) is 57.3 Å². The fraction of sp³-hybridized carbons (Fsp3) is 0.500. The van der Waals surface area contributed by atoms with Gasteiger partial charge in [0.2, 0.25) is 11.8 Å². The Morgan fingerprint density at radius 3 is 1.42 bits per heavy atom. The molecule has 1 saturated heterocycles. The van der Waals surface area contributed by atoms with E-state index in [1.54, 1.807) is 0 Å². The standard InChI is InChI=1S/C4H5NO2.BH3O3.Mg.2H/c6-3-1-2-4(7)5-3;2-1(3)4;;;/h1-2H2,(H,5,6,7);2-4H;;;. The van der Waals surface area contributed by atoms with Crippen LogP contribution < -0.4 is 5.32 Å². The lowest BCUT2D eigenvalue weighted by Crippen LogP contribution is -2.18. The number of hydrogen-bond acceptors (Lipinski definition) is 5. The van der Waals surface area contributed by atoms with Gasteiger partial charge in [0.05, 0.1) is 0 Å². The van der Waals surface area contributed by atoms with Crippen molar-refractivity contribution in [3.8, 4) is 0 Å². The Morgan fingerprint density at radius 2 is 1.33 bits per heavy atom. The summed E-state index contributed by atoms with van der Waals surface area (Å²) in [5.41, 5.74) is 0. The molecule has 12 heavy (non-hydrogen) atoms. The molecule has 0 bridgehead atoms. The van der Waals surface area contributed by atoms with Crippen molar-refractivity contribution >= 4 is 42.2 Å². The zero-order valence-corrected chi connectivity index (χ0v) is 5.65. The van der Waals surface area contributed by atoms with Crippen molar-refractivity contribution in [2.24, 2.45) is 0 Å². The minimum atomic E-state index is -2.17. The molecule has 0 radical (unpaired) electrons. The summed E-state index contributed by atoms with van der Waals surface area (Å²) in [5.74, 6) is -0.296. The summed E-state index contributed by atoms with van der Waals surface area (Å²) >= 11 is 0. The van der Waals surface area contributed by atoms with Crippen LogP contribution in [0.25, 0.3) is 0 Å². The lowest BCUT2D eigenvalue weighted by molar-refractivity contribution is -0.124. The maximum Gasteiger partial charge on any atom is 0.631 e. The van der Waals surface area contributed by atoms with Crippen molar-refractivity contribution in [2.45, 2.75) is 12.8 Å². The zero-order valence-electron chi connectivity index (χ0n) is 5.65. The van der Waals surface area contributed by atoms with E-state index in [9.17, 15) is 9.59 Å². The van der Waals surface area contributed by atoms with Crippen LogP contribution in [0.1, 0.15) is 12.8 Å². The van der Waals surface area contributed by atoms with Crippen LogP contribution in [0.2, 0.25) is 0 Å². The van der Waals surface area contributed by atoms with Crippen LogP contribution in [0.4, 0.5) is 0 Å². The Labute approximate surface area is 85.3 Å². The lowest BCUT2D eigenvalue weighted by atomic mass is 10.3. The Bertz CT molecular complexity index is 147. The summed E-state index contributed by atoms with van der Waals surface area (Å²) in [4.78, 5) is 20.2. The van der Waals surface area contributed by atoms with Crippen LogP contribution in [0.15, 0.2) is 0 Å². The van der Waals surface area contributed by atoms with Crippen LogP contribution in [0.3, 0.4) is 0 Å². The van der Waals surface area contributed by atoms with Gasteiger partial charge in [-0.25, -0.2) is 0 Å². The molecular weight excluding hydrogens is 177 g/mol. The highest BCUT2D eigenvalue weighted by atomic mass is 24.3. The minimum absolute atomic E-state index is 0. The van der Waals surface area contributed by atoms with Gasteiger partial charge in [-0.05, 0) is 0 Å². The number of imide groups is 1. The summed E-state index contributed by atoms with van der Waals surface area (Å²) in [5, 5.41) is 23.6. The van der Waals surface area contributed by atoms with Gasteiger partial charge in [-0.3, -0.25) is 14.9 Å². The SMILES string of the molecule is O=C1CCC(=O)N1.OB(O)O.[MgH2]. The van der Waals surface area contributed by atoms with E-state index in [1.807, 2.05) is 0 Å². The molecule has 0 aliphatic carbocycles. The Kier molecular flexibility index (Phi) is 8.98. The predicted molar refractivity (Wildman–Crippen MR) is 43.3 cm³/mol. The van der Waals surface area contributed by atoms with Gasteiger partial charge in [-0.15, -0.1) is 0 Å². The molecule has 1 heterocycles. The topological polar surface area (TPSA) is 107 Å². The van der Waals surface area contributed by atoms with E-state index in [-0.39, 0.29) is 34.9 Å². The summed E-state index contributed by atoms with van der Waals surface area (Å²) in [6.45, 7) is 0. The predicted octanol–water partition coefficient (Wildman–Crippen LogP) is -3.54. The molecule has 0 aromatic carbocycles. The molecule has 1 aliphatic rings. The van der Waals surface area contributed by atoms with Gasteiger partial charge >= 0.3 is 30.4 Å². The van der Waals surface area contributed by atoms with Crippen molar-refractivity contribution in [3.63, 3.8) is 0 Å². The third-order valence-corrected chi connectivity index (χ3v) is 0.858. The molecule has 2 amide bonds. The van der Waals surface area contributed by atoms with Crippen molar-refractivity contribution in [1.82, 2.24) is 5.32 Å². The molecule has 0 aromatic heterocycles. The highest BCUT2D eigenvalue weighted by molar-refractivity contribution is 6.30. The molecule has 1 fully saturated rings. The van der Waals surface area contributed by atoms with Gasteiger partial charge in [0.1, 0.15) is 0 Å². The van der Waals surface area contributed by atoms with Crippen molar-refractivity contribution in [2.75, 3.05) is 0 Å². The molecule has 66 valence electrons. The van der Waals surface area contributed by atoms with Gasteiger partial charge in [-0.1, -0.05) is 0 Å². The summed E-state index contributed by atoms with van der Waals surface area (Å²) in [6.07, 6.45) is 0.748. The van der Waals surface area contributed by atoms with Gasteiger partial charge in [0.25, 0.3) is 0 Å². The number of amides is 2. The zero-order chi connectivity index (χ0) is 8.85. The van der Waals surface area contributed by atoms with Gasteiger partial charge in [0.15, 0.2) is 0 Å². The summed E-state index contributed by atoms with van der Waals surface area (Å²) < 4.78 is 0. The van der Waals surface area contributed by atoms with Crippen LogP contribution in [0, 0.1) is 0 Å². The normalized spacial score (nSPS) is 13.9. The number of rotatable bonds is 0. The fourth-order valence-electron chi connectivity index (χ4n) is 0.508. The quantitative estimate of drug-likeness (QED) is 0.232. The lowest BCUT2D eigenvalue weighted by Gasteiger charge is -1.79. The molecule has 0 saturated carbocycles. The first kappa shape index (κ1) is 14.4. The average molecular weight is 187 g/mol. The first-order valence-electron chi connectivity index (χ1n) is 2.89. The minimum Gasteiger partial charge on any atom is -0.402 e. The molecule has 0 aromatic rings. The maximum absolute atomic E-state index is 10.1. The third-order valence-electron chi connectivity index (χ3n) is 0.858. The Hall–Kier alpha value is -0.149. The first-order valence-corrected chi connectivity index (χ1v) is 2.89. The van der Waals surface area contributed by atoms with Crippen molar-refractivity contribution in [1.29, 1.82) is 0 Å². The largest absolute Gasteiger partial charge is 0.631 e. The van der Waals surface area contributed by atoms with Crippen LogP contribution in [-0.2, 0) is 9.59 Å². The molecule has 1 rings (SSSR count). The molecule has 8 heteroatoms. The third kappa shape index (κ3) is 9.85. The van der Waals surface area contributed by atoms with E-state index in [0.717, 1.165) is 0 Å². The van der Waals surface area contributed by atoms with Gasteiger partial charge in [0, 0.05) is 12.8 Å². The molecule has 0 atom stereocenters. The van der Waals surface area contributed by atoms with E-state index in [0.29, 0.717) is 12.8 Å². The number of carbonyl (C=O) groups is 2. The molecule has 0 spiro atoms. The second kappa shape index (κ2) is 7.50. The van der Waals surface area contributed by atoms with Crippen LogP contribution >= 0.6 is 0 Å². The van der Waals surface area contributed by atoms with E-state index in [4.69, 9.17) is 15.1 Å². The van der Waals surface area contributed by atoms with Crippen molar-refractivity contribution in [3.05, 3.63) is 0 Å². The first-order chi connectivity index (χ1) is 5.02. The average Bonchev–Trinajstić information content (AvgIpc) is 2.13. The number of hydrogen-bond donors (Lipinski definition) is 4. The molecule has 4 N–H and O–H groups in total. The molecular formula is C4H10BMgNO5. The summed E-state index contributed by atoms with van der Waals surface area (Å²) in [6, 6.07) is 0. The molecule has 1 aliphatic heterocycles. The van der Waals surface area contributed by atoms with E-state index < -0.39 is 7.32 Å². The van der Waals surface area contributed by atoms with E-state index in [2.05, 4.69) is 5.32 Å². The maximum atomic E-state index is 10.1. The molecule has 6 nitrogen and oxygen atoms in total. The highest BCUT2D eigenvalue weighted by Crippen LogP contribution is 1.95. The number of carbonyl (C=O) groups excluding carboxylic acids is 2. The smallest absolute Gasteiger partial charge is 0.402 e. The fourth-order valence-corrected chi connectivity index (χ4v) is 0.508. The highest BCUT2D eigenvalue weighted by Gasteiger charge is 2.15. The van der Waals surface area contributed by atoms with E-state index >= 15 is 0 Å². The second-order valence-electron chi connectivity index (χ2n) is 1.82. The Morgan fingerprint density at radius 1 is 1.08 bits per heavy atom. The Balaban J connectivity index is 0. The molecule has 0 unspecified atom stereocenters. The number of nitrogens with one attached hydrogen (secondary N) is 1. The van der Waals surface area contributed by atoms with Crippen LogP contribution in [0.5, 0.6) is 0 Å². The monoisotopic (exact) mass is 187 g/mol. The second-order valence-corrected chi connectivity index (χ2v) is 1.82. The van der Waals surface area contributed by atoms with E-state index in [1.165, 1.54) is 0 Å².